The Hall–Kier alpha value is -3.18. The zero-order chi connectivity index (χ0) is 17.8. The van der Waals surface area contributed by atoms with Crippen LogP contribution in [0.3, 0.4) is 0 Å². The number of benzene rings is 2. The van der Waals surface area contributed by atoms with Crippen LogP contribution in [0.2, 0.25) is 0 Å². The first-order chi connectivity index (χ1) is 12.8. The number of hydrogen-bond acceptors (Lipinski definition) is 4. The van der Waals surface area contributed by atoms with Crippen LogP contribution in [0.4, 0.5) is 11.4 Å². The first-order valence-corrected chi connectivity index (χ1v) is 8.96. The molecule has 0 spiro atoms. The van der Waals surface area contributed by atoms with E-state index in [-0.39, 0.29) is 5.91 Å². The number of thioether (sulfide) groups is 1. The number of carbonyl (C=O) groups is 1. The molecule has 0 saturated carbocycles. The van der Waals surface area contributed by atoms with Gasteiger partial charge in [0.25, 0.3) is 5.91 Å². The predicted octanol–water partition coefficient (Wildman–Crippen LogP) is 4.89. The Kier molecular flexibility index (Phi) is 4.62. The van der Waals surface area contributed by atoms with Crippen molar-refractivity contribution >= 4 is 40.3 Å². The lowest BCUT2D eigenvalue weighted by atomic mass is 10.2. The summed E-state index contributed by atoms with van der Waals surface area (Å²) in [6.45, 7) is 0. The van der Waals surface area contributed by atoms with Crippen LogP contribution >= 0.6 is 11.8 Å². The van der Waals surface area contributed by atoms with Crippen LogP contribution in [0, 0.1) is 0 Å². The van der Waals surface area contributed by atoms with Crippen molar-refractivity contribution < 1.29 is 4.79 Å². The van der Waals surface area contributed by atoms with Gasteiger partial charge in [0.15, 0.2) is 5.17 Å². The lowest BCUT2D eigenvalue weighted by molar-refractivity contribution is -0.113. The van der Waals surface area contributed by atoms with E-state index in [4.69, 9.17) is 0 Å². The van der Waals surface area contributed by atoms with Gasteiger partial charge in [0.1, 0.15) is 0 Å². The Morgan fingerprint density at radius 3 is 2.35 bits per heavy atom. The number of hydrogen-bond donors (Lipinski definition) is 0. The molecule has 0 N–H and O–H groups in total. The third kappa shape index (κ3) is 3.43. The summed E-state index contributed by atoms with van der Waals surface area (Å²) in [7, 11) is 0. The Balaban J connectivity index is 1.77. The maximum atomic E-state index is 13.0. The van der Waals surface area contributed by atoms with Crippen LogP contribution < -0.4 is 4.90 Å². The number of nitrogens with zero attached hydrogens (tertiary/aromatic N) is 3. The number of aromatic nitrogens is 1. The van der Waals surface area contributed by atoms with Gasteiger partial charge in [0.2, 0.25) is 0 Å². The largest absolute Gasteiger partial charge is 0.271 e. The Morgan fingerprint density at radius 1 is 0.923 bits per heavy atom. The third-order valence-corrected chi connectivity index (χ3v) is 4.75. The molecular formula is C21H15N3OS. The number of amidine groups is 1. The fourth-order valence-electron chi connectivity index (χ4n) is 2.58. The molecule has 5 heteroatoms. The van der Waals surface area contributed by atoms with E-state index >= 15 is 0 Å². The first kappa shape index (κ1) is 16.3. The van der Waals surface area contributed by atoms with E-state index in [0.29, 0.717) is 10.1 Å². The minimum absolute atomic E-state index is 0.0836. The lowest BCUT2D eigenvalue weighted by Gasteiger charge is -2.15. The van der Waals surface area contributed by atoms with E-state index < -0.39 is 0 Å². The second-order valence-corrected chi connectivity index (χ2v) is 6.61. The second-order valence-electron chi connectivity index (χ2n) is 5.60. The molecule has 1 aliphatic heterocycles. The highest BCUT2D eigenvalue weighted by Gasteiger charge is 2.34. The summed E-state index contributed by atoms with van der Waals surface area (Å²) in [5.41, 5.74) is 2.50. The number of amides is 1. The molecule has 1 fully saturated rings. The zero-order valence-corrected chi connectivity index (χ0v) is 14.6. The van der Waals surface area contributed by atoms with Crippen molar-refractivity contribution in [1.82, 2.24) is 4.98 Å². The average Bonchev–Trinajstić information content (AvgIpc) is 2.99. The molecule has 0 atom stereocenters. The highest BCUT2D eigenvalue weighted by atomic mass is 32.2. The third-order valence-electron chi connectivity index (χ3n) is 3.78. The summed E-state index contributed by atoms with van der Waals surface area (Å²) in [4.78, 5) is 24.1. The van der Waals surface area contributed by atoms with Crippen LogP contribution in [-0.4, -0.2) is 16.1 Å². The number of carbonyl (C=O) groups excluding carboxylic acids is 1. The van der Waals surface area contributed by atoms with Gasteiger partial charge in [-0.25, -0.2) is 4.99 Å². The molecule has 1 amide bonds. The molecule has 1 aliphatic rings. The van der Waals surface area contributed by atoms with E-state index in [9.17, 15) is 4.79 Å². The molecule has 3 aromatic rings. The van der Waals surface area contributed by atoms with Gasteiger partial charge in [-0.05, 0) is 53.7 Å². The number of anilines is 1. The van der Waals surface area contributed by atoms with Gasteiger partial charge in [-0.2, -0.15) is 0 Å². The van der Waals surface area contributed by atoms with Crippen molar-refractivity contribution in [2.24, 2.45) is 4.99 Å². The fourth-order valence-corrected chi connectivity index (χ4v) is 3.58. The number of rotatable bonds is 3. The molecule has 1 saturated heterocycles. The van der Waals surface area contributed by atoms with Crippen molar-refractivity contribution in [2.75, 3.05) is 4.90 Å². The van der Waals surface area contributed by atoms with Gasteiger partial charge in [-0.1, -0.05) is 42.5 Å². The minimum Gasteiger partial charge on any atom is -0.268 e. The van der Waals surface area contributed by atoms with Gasteiger partial charge in [0.05, 0.1) is 16.3 Å². The van der Waals surface area contributed by atoms with Crippen molar-refractivity contribution in [2.45, 2.75) is 0 Å². The number of para-hydroxylation sites is 2. The second kappa shape index (κ2) is 7.37. The van der Waals surface area contributed by atoms with Gasteiger partial charge in [0, 0.05) is 12.4 Å². The van der Waals surface area contributed by atoms with Crippen LogP contribution in [-0.2, 0) is 4.79 Å². The molecule has 2 aromatic carbocycles. The van der Waals surface area contributed by atoms with Crippen molar-refractivity contribution in [3.8, 4) is 0 Å². The summed E-state index contributed by atoms with van der Waals surface area (Å²) in [6, 6.07) is 23.0. The predicted molar refractivity (Wildman–Crippen MR) is 107 cm³/mol. The van der Waals surface area contributed by atoms with Crippen LogP contribution in [0.5, 0.6) is 0 Å². The maximum Gasteiger partial charge on any atom is 0.271 e. The quantitative estimate of drug-likeness (QED) is 0.627. The smallest absolute Gasteiger partial charge is 0.268 e. The molecule has 4 rings (SSSR count). The normalized spacial score (nSPS) is 17.2. The zero-order valence-electron chi connectivity index (χ0n) is 13.8. The highest BCUT2D eigenvalue weighted by molar-refractivity contribution is 8.19. The van der Waals surface area contributed by atoms with Crippen LogP contribution in [0.1, 0.15) is 5.56 Å². The molecule has 0 bridgehead atoms. The molecule has 26 heavy (non-hydrogen) atoms. The first-order valence-electron chi connectivity index (χ1n) is 8.14. The van der Waals surface area contributed by atoms with E-state index in [1.54, 1.807) is 17.3 Å². The lowest BCUT2D eigenvalue weighted by Crippen LogP contribution is -2.28. The minimum atomic E-state index is -0.0836. The van der Waals surface area contributed by atoms with Crippen LogP contribution in [0.15, 0.2) is 95.1 Å². The van der Waals surface area contributed by atoms with E-state index in [1.165, 1.54) is 11.8 Å². The molecular weight excluding hydrogens is 342 g/mol. The van der Waals surface area contributed by atoms with Gasteiger partial charge < -0.3 is 0 Å². The standard InChI is InChI=1S/C21H15N3OS/c25-20-19(14-16-8-7-13-22-15-16)26-21(23-17-9-3-1-4-10-17)24(20)18-11-5-2-6-12-18/h1-15H/b19-14-,23-21-. The SMILES string of the molecule is O=C1/C(=C/c2cccnc2)S/C(=N\c2ccccc2)N1c1ccccc1. The van der Waals surface area contributed by atoms with Crippen molar-refractivity contribution in [3.63, 3.8) is 0 Å². The van der Waals surface area contributed by atoms with E-state index in [1.807, 2.05) is 78.9 Å². The van der Waals surface area contributed by atoms with Gasteiger partial charge in [-0.3, -0.25) is 14.7 Å². The fraction of sp³-hybridized carbons (Fsp3) is 0. The Morgan fingerprint density at radius 2 is 1.65 bits per heavy atom. The summed E-state index contributed by atoms with van der Waals surface area (Å²) in [5, 5.41) is 0.641. The topological polar surface area (TPSA) is 45.6 Å². The van der Waals surface area contributed by atoms with E-state index in [2.05, 4.69) is 9.98 Å². The van der Waals surface area contributed by atoms with Crippen LogP contribution in [0.25, 0.3) is 6.08 Å². The summed E-state index contributed by atoms with van der Waals surface area (Å²) >= 11 is 1.37. The maximum absolute atomic E-state index is 13.0. The average molecular weight is 357 g/mol. The van der Waals surface area contributed by atoms with Gasteiger partial charge >= 0.3 is 0 Å². The summed E-state index contributed by atoms with van der Waals surface area (Å²) < 4.78 is 0. The summed E-state index contributed by atoms with van der Waals surface area (Å²) in [6.07, 6.45) is 5.30. The molecule has 4 nitrogen and oxygen atoms in total. The molecule has 1 aromatic heterocycles. The molecule has 0 unspecified atom stereocenters. The number of aliphatic imine (C=N–C) groups is 1. The van der Waals surface area contributed by atoms with Crippen molar-refractivity contribution in [3.05, 3.63) is 95.7 Å². The molecule has 0 radical (unpaired) electrons. The molecule has 0 aliphatic carbocycles. The molecule has 126 valence electrons. The number of pyridine rings is 1. The van der Waals surface area contributed by atoms with E-state index in [0.717, 1.165) is 16.9 Å². The monoisotopic (exact) mass is 357 g/mol. The highest BCUT2D eigenvalue weighted by Crippen LogP contribution is 2.37. The molecule has 2 heterocycles. The van der Waals surface area contributed by atoms with Crippen molar-refractivity contribution in [1.29, 1.82) is 0 Å². The Bertz CT molecular complexity index is 970. The Labute approximate surface area is 155 Å². The van der Waals surface area contributed by atoms with Gasteiger partial charge in [-0.15, -0.1) is 0 Å². The summed E-state index contributed by atoms with van der Waals surface area (Å²) in [5.74, 6) is -0.0836.